The molecule has 1 heterocycles. The Kier molecular flexibility index (Phi) is 8.11. The highest BCUT2D eigenvalue weighted by Gasteiger charge is 2.33. The van der Waals surface area contributed by atoms with E-state index < -0.39 is 17.6 Å². The molecule has 1 fully saturated rings. The molecule has 6 nitrogen and oxygen atoms in total. The van der Waals surface area contributed by atoms with E-state index in [0.717, 1.165) is 6.07 Å². The van der Waals surface area contributed by atoms with Gasteiger partial charge in [0.1, 0.15) is 0 Å². The summed E-state index contributed by atoms with van der Waals surface area (Å²) in [7, 11) is 0. The number of carbonyl (C=O) groups excluding carboxylic acids is 2. The molecule has 2 aromatic rings. The van der Waals surface area contributed by atoms with Crippen molar-refractivity contribution in [2.45, 2.75) is 12.6 Å². The standard InChI is InChI=1S/C22H24ClF3N4O2/c23-17-6-2-4-8-19(17)28-20(31)9-10-29-11-13-30(14-12-29)15-21(32)27-18-7-3-1-5-16(18)22(24,25)26/h1-8H,9-15H2,(H,27,32)(H,28,31). The molecule has 3 rings (SSSR count). The number of anilines is 2. The zero-order valence-electron chi connectivity index (χ0n) is 17.3. The predicted molar refractivity (Wildman–Crippen MR) is 118 cm³/mol. The van der Waals surface area contributed by atoms with Crippen LogP contribution in [0, 0.1) is 0 Å². The van der Waals surface area contributed by atoms with Crippen molar-refractivity contribution in [2.24, 2.45) is 0 Å². The molecule has 2 N–H and O–H groups in total. The van der Waals surface area contributed by atoms with Gasteiger partial charge in [-0.3, -0.25) is 14.5 Å². The third-order valence-electron chi connectivity index (χ3n) is 5.14. The number of halogens is 4. The fraction of sp³-hybridized carbons (Fsp3) is 0.364. The van der Waals surface area contributed by atoms with Gasteiger partial charge in [-0.25, -0.2) is 0 Å². The average Bonchev–Trinajstić information content (AvgIpc) is 2.74. The number of piperazine rings is 1. The van der Waals surface area contributed by atoms with Crippen LogP contribution in [0.4, 0.5) is 24.5 Å². The van der Waals surface area contributed by atoms with Gasteiger partial charge in [0.15, 0.2) is 0 Å². The van der Waals surface area contributed by atoms with Gasteiger partial charge < -0.3 is 15.5 Å². The number of carbonyl (C=O) groups is 2. The van der Waals surface area contributed by atoms with E-state index in [9.17, 15) is 22.8 Å². The highest BCUT2D eigenvalue weighted by molar-refractivity contribution is 6.33. The summed E-state index contributed by atoms with van der Waals surface area (Å²) in [6.07, 6.45) is -4.23. The topological polar surface area (TPSA) is 64.7 Å². The zero-order chi connectivity index (χ0) is 23.1. The fourth-order valence-electron chi connectivity index (χ4n) is 3.44. The Morgan fingerprint density at radius 3 is 2.06 bits per heavy atom. The van der Waals surface area contributed by atoms with Gasteiger partial charge in [-0.1, -0.05) is 35.9 Å². The number of amides is 2. The molecule has 32 heavy (non-hydrogen) atoms. The Hall–Kier alpha value is -2.62. The number of alkyl halides is 3. The lowest BCUT2D eigenvalue weighted by Gasteiger charge is -2.34. The quantitative estimate of drug-likeness (QED) is 0.646. The summed E-state index contributed by atoms with van der Waals surface area (Å²) in [5.41, 5.74) is -0.538. The van der Waals surface area contributed by atoms with Gasteiger partial charge in [0.05, 0.1) is 28.5 Å². The second-order valence-corrected chi connectivity index (χ2v) is 7.89. The number of rotatable bonds is 7. The Bertz CT molecular complexity index is 947. The van der Waals surface area contributed by atoms with Crippen molar-refractivity contribution in [3.8, 4) is 0 Å². The van der Waals surface area contributed by atoms with E-state index in [1.165, 1.54) is 18.2 Å². The van der Waals surface area contributed by atoms with E-state index in [0.29, 0.717) is 49.9 Å². The number of nitrogens with one attached hydrogen (secondary N) is 2. The molecule has 172 valence electrons. The van der Waals surface area contributed by atoms with Gasteiger partial charge in [0.2, 0.25) is 11.8 Å². The Morgan fingerprint density at radius 1 is 0.844 bits per heavy atom. The first-order valence-electron chi connectivity index (χ1n) is 10.2. The summed E-state index contributed by atoms with van der Waals surface area (Å²) in [5.74, 6) is -0.627. The monoisotopic (exact) mass is 468 g/mol. The van der Waals surface area contributed by atoms with Gasteiger partial charge in [0, 0.05) is 39.1 Å². The zero-order valence-corrected chi connectivity index (χ0v) is 18.0. The highest BCUT2D eigenvalue weighted by Crippen LogP contribution is 2.34. The molecular formula is C22H24ClF3N4O2. The van der Waals surface area contributed by atoms with E-state index >= 15 is 0 Å². The van der Waals surface area contributed by atoms with E-state index in [1.807, 2.05) is 4.90 Å². The number of para-hydroxylation sites is 2. The SMILES string of the molecule is O=C(CCN1CCN(CC(=O)Nc2ccccc2C(F)(F)F)CC1)Nc1ccccc1Cl. The molecule has 1 saturated heterocycles. The van der Waals surface area contributed by atoms with Gasteiger partial charge in [-0.05, 0) is 24.3 Å². The Labute approximate surface area is 189 Å². The third-order valence-corrected chi connectivity index (χ3v) is 5.47. The molecule has 1 aliphatic rings. The number of hydrogen-bond donors (Lipinski definition) is 2. The van der Waals surface area contributed by atoms with E-state index in [-0.39, 0.29) is 18.1 Å². The normalized spacial score (nSPS) is 15.4. The maximum atomic E-state index is 13.1. The van der Waals surface area contributed by atoms with Crippen LogP contribution in [-0.2, 0) is 15.8 Å². The summed E-state index contributed by atoms with van der Waals surface area (Å²) in [5, 5.41) is 5.62. The minimum absolute atomic E-state index is 0.00697. The van der Waals surface area contributed by atoms with Crippen LogP contribution in [0.25, 0.3) is 0 Å². The predicted octanol–water partition coefficient (Wildman–Crippen LogP) is 3.94. The van der Waals surface area contributed by atoms with Crippen LogP contribution in [0.3, 0.4) is 0 Å². The third kappa shape index (κ3) is 6.94. The Balaban J connectivity index is 1.40. The summed E-state index contributed by atoms with van der Waals surface area (Å²) >= 11 is 6.04. The Morgan fingerprint density at radius 2 is 1.41 bits per heavy atom. The first-order chi connectivity index (χ1) is 15.2. The average molecular weight is 469 g/mol. The lowest BCUT2D eigenvalue weighted by Crippen LogP contribution is -2.49. The van der Waals surface area contributed by atoms with E-state index in [2.05, 4.69) is 15.5 Å². The molecule has 0 aromatic heterocycles. The summed E-state index contributed by atoms with van der Waals surface area (Å²) in [4.78, 5) is 28.4. The number of benzene rings is 2. The molecule has 0 bridgehead atoms. The van der Waals surface area contributed by atoms with Crippen molar-refractivity contribution in [2.75, 3.05) is 49.9 Å². The summed E-state index contributed by atoms with van der Waals surface area (Å²) in [6, 6.07) is 11.9. The molecule has 10 heteroatoms. The molecule has 0 saturated carbocycles. The second kappa shape index (κ2) is 10.8. The van der Waals surface area contributed by atoms with Crippen LogP contribution in [0.2, 0.25) is 5.02 Å². The summed E-state index contributed by atoms with van der Waals surface area (Å²) < 4.78 is 39.2. The van der Waals surface area contributed by atoms with Crippen LogP contribution in [-0.4, -0.2) is 60.9 Å². The molecule has 0 spiro atoms. The van der Waals surface area contributed by atoms with Gasteiger partial charge in [-0.15, -0.1) is 0 Å². The molecule has 0 unspecified atom stereocenters. The molecular weight excluding hydrogens is 445 g/mol. The van der Waals surface area contributed by atoms with Crippen molar-refractivity contribution in [3.63, 3.8) is 0 Å². The first-order valence-corrected chi connectivity index (χ1v) is 10.6. The van der Waals surface area contributed by atoms with Crippen molar-refractivity contribution < 1.29 is 22.8 Å². The number of hydrogen-bond acceptors (Lipinski definition) is 4. The van der Waals surface area contributed by atoms with Crippen LogP contribution >= 0.6 is 11.6 Å². The van der Waals surface area contributed by atoms with Gasteiger partial charge in [0.25, 0.3) is 0 Å². The van der Waals surface area contributed by atoms with Crippen LogP contribution in [0.1, 0.15) is 12.0 Å². The molecule has 0 radical (unpaired) electrons. The molecule has 1 aliphatic heterocycles. The lowest BCUT2D eigenvalue weighted by molar-refractivity contribution is -0.137. The van der Waals surface area contributed by atoms with Crippen molar-refractivity contribution >= 4 is 34.8 Å². The largest absolute Gasteiger partial charge is 0.418 e. The van der Waals surface area contributed by atoms with Crippen molar-refractivity contribution in [1.29, 1.82) is 0 Å². The van der Waals surface area contributed by atoms with Crippen LogP contribution in [0.5, 0.6) is 0 Å². The fourth-order valence-corrected chi connectivity index (χ4v) is 3.62. The highest BCUT2D eigenvalue weighted by atomic mass is 35.5. The smallest absolute Gasteiger partial charge is 0.325 e. The molecule has 2 aromatic carbocycles. The van der Waals surface area contributed by atoms with Gasteiger partial charge in [-0.2, -0.15) is 13.2 Å². The van der Waals surface area contributed by atoms with Crippen molar-refractivity contribution in [1.82, 2.24) is 9.80 Å². The van der Waals surface area contributed by atoms with E-state index in [1.54, 1.807) is 24.3 Å². The summed E-state index contributed by atoms with van der Waals surface area (Å²) in [6.45, 7) is 3.06. The first kappa shape index (κ1) is 24.0. The molecule has 0 atom stereocenters. The van der Waals surface area contributed by atoms with E-state index in [4.69, 9.17) is 11.6 Å². The molecule has 2 amide bonds. The second-order valence-electron chi connectivity index (χ2n) is 7.49. The maximum Gasteiger partial charge on any atom is 0.418 e. The minimum atomic E-state index is -4.53. The lowest BCUT2D eigenvalue weighted by atomic mass is 10.1. The van der Waals surface area contributed by atoms with Crippen LogP contribution in [0.15, 0.2) is 48.5 Å². The molecule has 0 aliphatic carbocycles. The number of nitrogens with zero attached hydrogens (tertiary/aromatic N) is 2. The van der Waals surface area contributed by atoms with Gasteiger partial charge >= 0.3 is 6.18 Å². The van der Waals surface area contributed by atoms with Crippen molar-refractivity contribution in [3.05, 3.63) is 59.1 Å². The van der Waals surface area contributed by atoms with Crippen LogP contribution < -0.4 is 10.6 Å². The maximum absolute atomic E-state index is 13.1. The minimum Gasteiger partial charge on any atom is -0.325 e.